The normalized spacial score (nSPS) is 11.0. The highest BCUT2D eigenvalue weighted by molar-refractivity contribution is 9.10. The Bertz CT molecular complexity index is 868. The van der Waals surface area contributed by atoms with E-state index in [9.17, 15) is 4.79 Å². The first-order chi connectivity index (χ1) is 11.1. The van der Waals surface area contributed by atoms with E-state index in [1.165, 1.54) is 0 Å². The van der Waals surface area contributed by atoms with E-state index in [1.807, 2.05) is 65.5 Å². The molecule has 23 heavy (non-hydrogen) atoms. The molecule has 2 aromatic carbocycles. The maximum atomic E-state index is 12.9. The van der Waals surface area contributed by atoms with Crippen LogP contribution >= 0.6 is 15.9 Å². The van der Waals surface area contributed by atoms with Crippen molar-refractivity contribution in [3.8, 4) is 22.4 Å². The molecule has 3 rings (SSSR count). The van der Waals surface area contributed by atoms with Gasteiger partial charge in [0.2, 0.25) is 5.43 Å². The second-order valence-electron chi connectivity index (χ2n) is 5.67. The molecule has 4 heteroatoms. The maximum Gasteiger partial charge on any atom is 0.215 e. The summed E-state index contributed by atoms with van der Waals surface area (Å²) in [6.07, 6.45) is 1.84. The lowest BCUT2D eigenvalue weighted by Gasteiger charge is -2.14. The van der Waals surface area contributed by atoms with Crippen LogP contribution in [0.1, 0.15) is 19.9 Å². The predicted octanol–water partition coefficient (Wildman–Crippen LogP) is 4.92. The van der Waals surface area contributed by atoms with Crippen molar-refractivity contribution in [3.05, 3.63) is 75.5 Å². The van der Waals surface area contributed by atoms with Gasteiger partial charge in [-0.05, 0) is 31.5 Å². The summed E-state index contributed by atoms with van der Waals surface area (Å²) < 4.78 is 2.84. The number of nitrogens with zero attached hydrogens (tertiary/aromatic N) is 2. The van der Waals surface area contributed by atoms with Gasteiger partial charge >= 0.3 is 0 Å². The molecule has 0 unspecified atom stereocenters. The largest absolute Gasteiger partial charge is 0.287 e. The van der Waals surface area contributed by atoms with Crippen LogP contribution < -0.4 is 5.43 Å². The number of aromatic nitrogens is 2. The van der Waals surface area contributed by atoms with Crippen LogP contribution in [-0.2, 0) is 0 Å². The molecule has 0 aliphatic carbocycles. The van der Waals surface area contributed by atoms with E-state index in [0.29, 0.717) is 11.3 Å². The van der Waals surface area contributed by atoms with Crippen LogP contribution in [0.5, 0.6) is 0 Å². The summed E-state index contributed by atoms with van der Waals surface area (Å²) in [5, 5.41) is 4.54. The van der Waals surface area contributed by atoms with Crippen LogP contribution in [0.2, 0.25) is 0 Å². The molecule has 1 heterocycles. The molecule has 116 valence electrons. The SMILES string of the molecule is CC(C)n1cc(-c2ccc(Br)cc2)c(=O)c(-c2ccccc2)n1. The van der Waals surface area contributed by atoms with E-state index < -0.39 is 0 Å². The van der Waals surface area contributed by atoms with Crippen LogP contribution in [0.25, 0.3) is 22.4 Å². The third kappa shape index (κ3) is 3.27. The first-order valence-corrected chi connectivity index (χ1v) is 8.30. The number of halogens is 1. The highest BCUT2D eigenvalue weighted by atomic mass is 79.9. The minimum atomic E-state index is -0.0459. The summed E-state index contributed by atoms with van der Waals surface area (Å²) in [5.74, 6) is 0. The molecule has 0 aliphatic heterocycles. The zero-order valence-electron chi connectivity index (χ0n) is 13.0. The third-order valence-electron chi connectivity index (χ3n) is 3.67. The number of hydrogen-bond donors (Lipinski definition) is 0. The molecule has 3 nitrogen and oxygen atoms in total. The van der Waals surface area contributed by atoms with E-state index in [1.54, 1.807) is 0 Å². The van der Waals surface area contributed by atoms with Crippen molar-refractivity contribution in [2.75, 3.05) is 0 Å². The average Bonchev–Trinajstić information content (AvgIpc) is 2.56. The monoisotopic (exact) mass is 368 g/mol. The number of hydrogen-bond acceptors (Lipinski definition) is 2. The Morgan fingerprint density at radius 1 is 0.957 bits per heavy atom. The fourth-order valence-electron chi connectivity index (χ4n) is 2.39. The Morgan fingerprint density at radius 2 is 1.61 bits per heavy atom. The minimum absolute atomic E-state index is 0.0459. The van der Waals surface area contributed by atoms with Crippen LogP contribution in [0, 0.1) is 0 Å². The second-order valence-corrected chi connectivity index (χ2v) is 6.58. The van der Waals surface area contributed by atoms with Crippen LogP contribution in [-0.4, -0.2) is 9.78 Å². The van der Waals surface area contributed by atoms with Crippen molar-refractivity contribution >= 4 is 15.9 Å². The topological polar surface area (TPSA) is 34.9 Å². The van der Waals surface area contributed by atoms with Gasteiger partial charge in [0.05, 0.1) is 0 Å². The van der Waals surface area contributed by atoms with Crippen molar-refractivity contribution in [2.24, 2.45) is 0 Å². The van der Waals surface area contributed by atoms with Crippen molar-refractivity contribution in [3.63, 3.8) is 0 Å². The van der Waals surface area contributed by atoms with Gasteiger partial charge in [0, 0.05) is 27.8 Å². The van der Waals surface area contributed by atoms with Crippen molar-refractivity contribution in [1.29, 1.82) is 0 Å². The van der Waals surface area contributed by atoms with Gasteiger partial charge < -0.3 is 0 Å². The summed E-state index contributed by atoms with van der Waals surface area (Å²) in [7, 11) is 0. The van der Waals surface area contributed by atoms with Gasteiger partial charge in [-0.2, -0.15) is 5.10 Å². The van der Waals surface area contributed by atoms with Crippen LogP contribution in [0.15, 0.2) is 70.1 Å². The molecule has 0 atom stereocenters. The van der Waals surface area contributed by atoms with Gasteiger partial charge in [0.25, 0.3) is 0 Å². The van der Waals surface area contributed by atoms with Gasteiger partial charge in [-0.3, -0.25) is 9.48 Å². The Kier molecular flexibility index (Phi) is 4.44. The molecule has 0 fully saturated rings. The summed E-state index contributed by atoms with van der Waals surface area (Å²) in [6, 6.07) is 17.6. The number of rotatable bonds is 3. The molecule has 0 N–H and O–H groups in total. The molecular formula is C19H17BrN2O. The molecule has 0 saturated heterocycles. The predicted molar refractivity (Wildman–Crippen MR) is 97.5 cm³/mol. The third-order valence-corrected chi connectivity index (χ3v) is 4.20. The van der Waals surface area contributed by atoms with Crippen molar-refractivity contribution in [2.45, 2.75) is 19.9 Å². The van der Waals surface area contributed by atoms with Gasteiger partial charge in [0.15, 0.2) is 0 Å². The first-order valence-electron chi connectivity index (χ1n) is 7.51. The fourth-order valence-corrected chi connectivity index (χ4v) is 2.66. The van der Waals surface area contributed by atoms with Crippen LogP contribution in [0.4, 0.5) is 0 Å². The Hall–Kier alpha value is -2.20. The molecule has 0 bridgehead atoms. The highest BCUT2D eigenvalue weighted by Crippen LogP contribution is 2.22. The average molecular weight is 369 g/mol. The zero-order valence-corrected chi connectivity index (χ0v) is 14.6. The molecule has 0 spiro atoms. The number of benzene rings is 2. The molecule has 0 saturated carbocycles. The quantitative estimate of drug-likeness (QED) is 0.657. The van der Waals surface area contributed by atoms with Gasteiger partial charge in [-0.15, -0.1) is 0 Å². The molecule has 0 amide bonds. The first kappa shape index (κ1) is 15.7. The molecular weight excluding hydrogens is 352 g/mol. The highest BCUT2D eigenvalue weighted by Gasteiger charge is 2.14. The minimum Gasteiger partial charge on any atom is -0.287 e. The van der Waals surface area contributed by atoms with Crippen LogP contribution in [0.3, 0.4) is 0 Å². The van der Waals surface area contributed by atoms with E-state index in [-0.39, 0.29) is 11.5 Å². The Morgan fingerprint density at radius 3 is 2.22 bits per heavy atom. The summed E-state index contributed by atoms with van der Waals surface area (Å²) >= 11 is 3.43. The molecule has 0 aliphatic rings. The molecule has 0 radical (unpaired) electrons. The molecule has 1 aromatic heterocycles. The van der Waals surface area contributed by atoms with E-state index >= 15 is 0 Å². The Balaban J connectivity index is 2.26. The lowest BCUT2D eigenvalue weighted by atomic mass is 10.0. The fraction of sp³-hybridized carbons (Fsp3) is 0.158. The maximum absolute atomic E-state index is 12.9. The molecule has 3 aromatic rings. The standard InChI is InChI=1S/C19H17BrN2O/c1-13(2)22-12-17(14-8-10-16(20)11-9-14)19(23)18(21-22)15-6-4-3-5-7-15/h3-13H,1-2H3. The zero-order chi connectivity index (χ0) is 16.4. The van der Waals surface area contributed by atoms with Crippen molar-refractivity contribution < 1.29 is 0 Å². The van der Waals surface area contributed by atoms with Crippen molar-refractivity contribution in [1.82, 2.24) is 9.78 Å². The summed E-state index contributed by atoms with van der Waals surface area (Å²) in [6.45, 7) is 4.11. The Labute approximate surface area is 143 Å². The van der Waals surface area contributed by atoms with Gasteiger partial charge in [0.1, 0.15) is 5.69 Å². The summed E-state index contributed by atoms with van der Waals surface area (Å²) in [5.41, 5.74) is 2.84. The van der Waals surface area contributed by atoms with E-state index in [0.717, 1.165) is 15.6 Å². The lowest BCUT2D eigenvalue weighted by Crippen LogP contribution is -2.18. The second kappa shape index (κ2) is 6.50. The van der Waals surface area contributed by atoms with Gasteiger partial charge in [-0.1, -0.05) is 58.4 Å². The van der Waals surface area contributed by atoms with Gasteiger partial charge in [-0.25, -0.2) is 0 Å². The van der Waals surface area contributed by atoms with E-state index in [2.05, 4.69) is 34.9 Å². The smallest absolute Gasteiger partial charge is 0.215 e. The lowest BCUT2D eigenvalue weighted by molar-refractivity contribution is 0.522. The van der Waals surface area contributed by atoms with E-state index in [4.69, 9.17) is 0 Å². The summed E-state index contributed by atoms with van der Waals surface area (Å²) in [4.78, 5) is 12.9.